The monoisotopic (exact) mass is 182 g/mol. The molecule has 0 unspecified atom stereocenters. The number of thiophene rings is 1. The van der Waals surface area contributed by atoms with Gasteiger partial charge in [-0.3, -0.25) is 0 Å². The number of aliphatic hydroxyl groups is 1. The number of hydrogen-bond acceptors (Lipinski definition) is 2. The molecule has 1 heterocycles. The highest BCUT2D eigenvalue weighted by molar-refractivity contribution is 7.20. The summed E-state index contributed by atoms with van der Waals surface area (Å²) in [5.74, 6) is 0. The van der Waals surface area contributed by atoms with E-state index in [9.17, 15) is 0 Å². The highest BCUT2D eigenvalue weighted by Gasteiger charge is 2.02. The fourth-order valence-electron chi connectivity index (χ4n) is 0.482. The lowest BCUT2D eigenvalue weighted by atomic mass is 10.4. The van der Waals surface area contributed by atoms with E-state index in [2.05, 4.69) is 0 Å². The van der Waals surface area contributed by atoms with Gasteiger partial charge in [0.2, 0.25) is 0 Å². The standard InChI is InChI=1S/C5H4Cl2OS/c6-4-1-3(2-8)5(7)9-4/h1,8H,2H2. The van der Waals surface area contributed by atoms with Crippen LogP contribution in [0.5, 0.6) is 0 Å². The zero-order valence-electron chi connectivity index (χ0n) is 4.40. The van der Waals surface area contributed by atoms with Crippen LogP contribution in [0, 0.1) is 0 Å². The number of aliphatic hydroxyl groups excluding tert-OH is 1. The fourth-order valence-corrected chi connectivity index (χ4v) is 1.95. The van der Waals surface area contributed by atoms with E-state index >= 15 is 0 Å². The van der Waals surface area contributed by atoms with Crippen molar-refractivity contribution in [1.82, 2.24) is 0 Å². The van der Waals surface area contributed by atoms with E-state index in [-0.39, 0.29) is 6.61 Å². The van der Waals surface area contributed by atoms with Gasteiger partial charge in [-0.15, -0.1) is 11.3 Å². The summed E-state index contributed by atoms with van der Waals surface area (Å²) >= 11 is 12.5. The summed E-state index contributed by atoms with van der Waals surface area (Å²) in [7, 11) is 0. The Hall–Kier alpha value is 0.240. The summed E-state index contributed by atoms with van der Waals surface area (Å²) in [6.07, 6.45) is 0. The summed E-state index contributed by atoms with van der Waals surface area (Å²) in [5.41, 5.74) is 0.701. The summed E-state index contributed by atoms with van der Waals surface area (Å²) in [5, 5.41) is 8.60. The first-order valence-corrected chi connectivity index (χ1v) is 3.86. The Labute approximate surface area is 66.8 Å². The van der Waals surface area contributed by atoms with Crippen molar-refractivity contribution in [3.05, 3.63) is 20.3 Å². The van der Waals surface area contributed by atoms with Gasteiger partial charge < -0.3 is 5.11 Å². The summed E-state index contributed by atoms with van der Waals surface area (Å²) < 4.78 is 1.19. The first kappa shape index (κ1) is 7.35. The van der Waals surface area contributed by atoms with Crippen molar-refractivity contribution < 1.29 is 5.11 Å². The second kappa shape index (κ2) is 2.88. The van der Waals surface area contributed by atoms with Gasteiger partial charge >= 0.3 is 0 Å². The molecule has 0 bridgehead atoms. The highest BCUT2D eigenvalue weighted by Crippen LogP contribution is 2.30. The predicted octanol–water partition coefficient (Wildman–Crippen LogP) is 2.55. The van der Waals surface area contributed by atoms with Crippen LogP contribution in [0.4, 0.5) is 0 Å². The molecule has 1 nitrogen and oxygen atoms in total. The maximum absolute atomic E-state index is 8.60. The minimum atomic E-state index is -0.0396. The zero-order chi connectivity index (χ0) is 6.85. The Balaban J connectivity index is 3.01. The molecule has 1 aromatic rings. The molecular weight excluding hydrogens is 179 g/mol. The average Bonchev–Trinajstić information content (AvgIpc) is 2.10. The van der Waals surface area contributed by atoms with Crippen LogP contribution < -0.4 is 0 Å². The minimum Gasteiger partial charge on any atom is -0.392 e. The highest BCUT2D eigenvalue weighted by atomic mass is 35.5. The molecule has 1 N–H and O–H groups in total. The lowest BCUT2D eigenvalue weighted by molar-refractivity contribution is 0.282. The van der Waals surface area contributed by atoms with Gasteiger partial charge in [0, 0.05) is 5.56 Å². The Kier molecular flexibility index (Phi) is 2.35. The molecule has 0 atom stereocenters. The van der Waals surface area contributed by atoms with Gasteiger partial charge in [0.05, 0.1) is 15.3 Å². The normalized spacial score (nSPS) is 10.1. The van der Waals surface area contributed by atoms with Gasteiger partial charge in [-0.25, -0.2) is 0 Å². The van der Waals surface area contributed by atoms with Gasteiger partial charge in [0.15, 0.2) is 0 Å². The van der Waals surface area contributed by atoms with E-state index in [0.717, 1.165) is 0 Å². The van der Waals surface area contributed by atoms with Gasteiger partial charge in [-0.1, -0.05) is 23.2 Å². The summed E-state index contributed by atoms with van der Waals surface area (Å²) in [6.45, 7) is -0.0396. The molecule has 4 heteroatoms. The van der Waals surface area contributed by atoms with Crippen LogP contribution >= 0.6 is 34.5 Å². The molecule has 9 heavy (non-hydrogen) atoms. The molecule has 0 aliphatic rings. The van der Waals surface area contributed by atoms with Crippen LogP contribution in [0.1, 0.15) is 5.56 Å². The molecule has 0 saturated carbocycles. The minimum absolute atomic E-state index is 0.0396. The smallest absolute Gasteiger partial charge is 0.0999 e. The van der Waals surface area contributed by atoms with E-state index in [1.807, 2.05) is 0 Å². The van der Waals surface area contributed by atoms with Crippen LogP contribution in [-0.4, -0.2) is 5.11 Å². The van der Waals surface area contributed by atoms with E-state index in [1.165, 1.54) is 11.3 Å². The largest absolute Gasteiger partial charge is 0.392 e. The quantitative estimate of drug-likeness (QED) is 0.709. The Morgan fingerprint density at radius 1 is 1.56 bits per heavy atom. The van der Waals surface area contributed by atoms with E-state index in [4.69, 9.17) is 28.3 Å². The molecule has 1 rings (SSSR count). The maximum Gasteiger partial charge on any atom is 0.0999 e. The van der Waals surface area contributed by atoms with Gasteiger partial charge in [-0.05, 0) is 6.07 Å². The fraction of sp³-hybridized carbons (Fsp3) is 0.200. The Morgan fingerprint density at radius 3 is 2.44 bits per heavy atom. The SMILES string of the molecule is OCc1cc(Cl)sc1Cl. The summed E-state index contributed by atoms with van der Waals surface area (Å²) in [4.78, 5) is 0. The zero-order valence-corrected chi connectivity index (χ0v) is 6.72. The van der Waals surface area contributed by atoms with Crippen molar-refractivity contribution in [2.24, 2.45) is 0 Å². The lowest BCUT2D eigenvalue weighted by Gasteiger charge is -1.84. The van der Waals surface area contributed by atoms with E-state index < -0.39 is 0 Å². The molecule has 50 valence electrons. The molecule has 0 spiro atoms. The van der Waals surface area contributed by atoms with Gasteiger partial charge in [-0.2, -0.15) is 0 Å². The predicted molar refractivity (Wildman–Crippen MR) is 40.3 cm³/mol. The van der Waals surface area contributed by atoms with Gasteiger partial charge in [0.25, 0.3) is 0 Å². The molecule has 1 aromatic heterocycles. The van der Waals surface area contributed by atoms with Crippen LogP contribution in [-0.2, 0) is 6.61 Å². The second-order valence-corrected chi connectivity index (χ2v) is 3.79. The van der Waals surface area contributed by atoms with Crippen molar-refractivity contribution in [2.45, 2.75) is 6.61 Å². The van der Waals surface area contributed by atoms with Crippen molar-refractivity contribution in [1.29, 1.82) is 0 Å². The number of hydrogen-bond donors (Lipinski definition) is 1. The Morgan fingerprint density at radius 2 is 2.22 bits per heavy atom. The maximum atomic E-state index is 8.60. The van der Waals surface area contributed by atoms with Crippen LogP contribution in [0.2, 0.25) is 8.67 Å². The Bertz CT molecular complexity index is 209. The third kappa shape index (κ3) is 1.58. The number of rotatable bonds is 1. The third-order valence-electron chi connectivity index (χ3n) is 0.898. The van der Waals surface area contributed by atoms with Crippen molar-refractivity contribution >= 4 is 34.5 Å². The van der Waals surface area contributed by atoms with E-state index in [1.54, 1.807) is 6.07 Å². The number of halogens is 2. The molecule has 0 aliphatic carbocycles. The van der Waals surface area contributed by atoms with Gasteiger partial charge in [0.1, 0.15) is 0 Å². The third-order valence-corrected chi connectivity index (χ3v) is 2.47. The molecule has 0 radical (unpaired) electrons. The first-order valence-electron chi connectivity index (χ1n) is 2.28. The molecule has 0 aliphatic heterocycles. The molecular formula is C5H4Cl2OS. The second-order valence-electron chi connectivity index (χ2n) is 1.51. The van der Waals surface area contributed by atoms with Crippen molar-refractivity contribution in [2.75, 3.05) is 0 Å². The van der Waals surface area contributed by atoms with Crippen LogP contribution in [0.3, 0.4) is 0 Å². The summed E-state index contributed by atoms with van der Waals surface area (Å²) in [6, 6.07) is 1.66. The molecule has 0 amide bonds. The topological polar surface area (TPSA) is 20.2 Å². The van der Waals surface area contributed by atoms with Crippen LogP contribution in [0.25, 0.3) is 0 Å². The molecule has 0 aromatic carbocycles. The van der Waals surface area contributed by atoms with Crippen LogP contribution in [0.15, 0.2) is 6.07 Å². The van der Waals surface area contributed by atoms with Crippen molar-refractivity contribution in [3.63, 3.8) is 0 Å². The van der Waals surface area contributed by atoms with Crippen molar-refractivity contribution in [3.8, 4) is 0 Å². The molecule has 0 fully saturated rings. The lowest BCUT2D eigenvalue weighted by Crippen LogP contribution is -1.75. The molecule has 0 saturated heterocycles. The average molecular weight is 183 g/mol. The first-order chi connectivity index (χ1) is 4.24. The van der Waals surface area contributed by atoms with E-state index in [0.29, 0.717) is 14.2 Å².